The van der Waals surface area contributed by atoms with Gasteiger partial charge in [0, 0.05) is 13.2 Å². The minimum absolute atomic E-state index is 0.170. The van der Waals surface area contributed by atoms with Crippen LogP contribution in [0.3, 0.4) is 0 Å². The molecule has 0 bridgehead atoms. The summed E-state index contributed by atoms with van der Waals surface area (Å²) < 4.78 is 10.3. The fourth-order valence-corrected chi connectivity index (χ4v) is 2.38. The Hall–Kier alpha value is -1.04. The lowest BCUT2D eigenvalue weighted by molar-refractivity contribution is -0.166. The molecule has 0 saturated carbocycles. The maximum atomic E-state index is 11.9. The van der Waals surface area contributed by atoms with Gasteiger partial charge in [0.2, 0.25) is 6.29 Å². The molecule has 4 nitrogen and oxygen atoms in total. The molecule has 18 heavy (non-hydrogen) atoms. The summed E-state index contributed by atoms with van der Waals surface area (Å²) in [6, 6.07) is 1.87. The van der Waals surface area contributed by atoms with Gasteiger partial charge in [-0.2, -0.15) is 0 Å². The van der Waals surface area contributed by atoms with E-state index < -0.39 is 6.29 Å². The number of hydrogen-bond acceptors (Lipinski definition) is 5. The van der Waals surface area contributed by atoms with Crippen LogP contribution in [0.2, 0.25) is 0 Å². The van der Waals surface area contributed by atoms with Crippen LogP contribution in [0, 0.1) is 6.92 Å². The minimum atomic E-state index is -0.927. The molecule has 0 aromatic carbocycles. The first-order valence-corrected chi connectivity index (χ1v) is 6.81. The summed E-state index contributed by atoms with van der Waals surface area (Å²) in [5.74, 6) is -0.492. The lowest BCUT2D eigenvalue weighted by Crippen LogP contribution is -2.29. The van der Waals surface area contributed by atoms with E-state index in [1.54, 1.807) is 13.8 Å². The second-order valence-electron chi connectivity index (χ2n) is 3.74. The highest BCUT2D eigenvalue weighted by atomic mass is 32.1. The predicted octanol–water partition coefficient (Wildman–Crippen LogP) is 2.60. The van der Waals surface area contributed by atoms with E-state index in [1.807, 2.05) is 18.4 Å². The van der Waals surface area contributed by atoms with E-state index >= 15 is 0 Å². The van der Waals surface area contributed by atoms with Crippen molar-refractivity contribution in [3.05, 3.63) is 21.9 Å². The van der Waals surface area contributed by atoms with Gasteiger partial charge in [-0.05, 0) is 37.8 Å². The van der Waals surface area contributed by atoms with Gasteiger partial charge in [0.15, 0.2) is 11.6 Å². The average Bonchev–Trinajstić information content (AvgIpc) is 2.75. The van der Waals surface area contributed by atoms with E-state index in [2.05, 4.69) is 0 Å². The molecule has 100 valence electrons. The Balaban J connectivity index is 2.63. The Kier molecular flexibility index (Phi) is 6.18. The molecule has 1 aromatic rings. The summed E-state index contributed by atoms with van der Waals surface area (Å²) in [6.45, 7) is 6.18. The van der Waals surface area contributed by atoms with Crippen LogP contribution in [0.5, 0.6) is 0 Å². The fraction of sp³-hybridized carbons (Fsp3) is 0.538. The summed E-state index contributed by atoms with van der Waals surface area (Å²) >= 11 is 1.35. The number of aryl methyl sites for hydroxylation is 1. The third kappa shape index (κ3) is 4.01. The van der Waals surface area contributed by atoms with E-state index in [0.717, 1.165) is 5.56 Å². The Morgan fingerprint density at radius 2 is 1.89 bits per heavy atom. The highest BCUT2D eigenvalue weighted by molar-refractivity contribution is 7.12. The van der Waals surface area contributed by atoms with E-state index in [4.69, 9.17) is 9.47 Å². The molecule has 1 heterocycles. The highest BCUT2D eigenvalue weighted by Crippen LogP contribution is 2.18. The van der Waals surface area contributed by atoms with Crippen molar-refractivity contribution in [2.75, 3.05) is 13.2 Å². The number of ketones is 2. The van der Waals surface area contributed by atoms with Crippen LogP contribution in [0.4, 0.5) is 0 Å². The van der Waals surface area contributed by atoms with Crippen LogP contribution < -0.4 is 0 Å². The second kappa shape index (κ2) is 7.41. The Bertz CT molecular complexity index is 405. The number of Topliss-reactive ketones (excluding diaryl/α,β-unsaturated/α-hetero) is 2. The number of carbonyl (C=O) groups is 2. The van der Waals surface area contributed by atoms with Gasteiger partial charge in [0.05, 0.1) is 11.3 Å². The van der Waals surface area contributed by atoms with Crippen LogP contribution in [0.25, 0.3) is 0 Å². The number of carbonyl (C=O) groups excluding carboxylic acids is 2. The van der Waals surface area contributed by atoms with Crippen LogP contribution in [0.15, 0.2) is 11.4 Å². The molecule has 0 unspecified atom stereocenters. The van der Waals surface area contributed by atoms with Crippen LogP contribution in [-0.2, 0) is 14.3 Å². The molecule has 0 aliphatic heterocycles. The van der Waals surface area contributed by atoms with E-state index in [9.17, 15) is 9.59 Å². The first kappa shape index (κ1) is 15.0. The minimum Gasteiger partial charge on any atom is -0.346 e. The Morgan fingerprint density at radius 3 is 2.33 bits per heavy atom. The summed E-state index contributed by atoms with van der Waals surface area (Å²) in [7, 11) is 0. The number of ether oxygens (including phenoxy) is 2. The maximum absolute atomic E-state index is 11.9. The van der Waals surface area contributed by atoms with Crippen molar-refractivity contribution in [1.82, 2.24) is 0 Å². The molecule has 0 aliphatic rings. The number of rotatable bonds is 8. The zero-order valence-corrected chi connectivity index (χ0v) is 11.7. The normalized spacial score (nSPS) is 10.9. The summed E-state index contributed by atoms with van der Waals surface area (Å²) in [5.41, 5.74) is 0.905. The van der Waals surface area contributed by atoms with Gasteiger partial charge in [-0.1, -0.05) is 0 Å². The SMILES string of the molecule is CCOC(OCC)C(=O)CC(=O)c1sccc1C. The molecule has 0 N–H and O–H groups in total. The number of hydrogen-bond donors (Lipinski definition) is 0. The van der Waals surface area contributed by atoms with Crippen LogP contribution in [0.1, 0.15) is 35.5 Å². The molecule has 0 atom stereocenters. The molecular formula is C13H18O4S. The lowest BCUT2D eigenvalue weighted by atomic mass is 10.1. The summed E-state index contributed by atoms with van der Waals surface area (Å²) in [5, 5.41) is 1.84. The third-order valence-corrected chi connectivity index (χ3v) is 3.41. The standard InChI is InChI=1S/C13H18O4S/c1-4-16-13(17-5-2)11(15)8-10(14)12-9(3)6-7-18-12/h6-7,13H,4-5,8H2,1-3H3. The van der Waals surface area contributed by atoms with Crippen molar-refractivity contribution in [1.29, 1.82) is 0 Å². The van der Waals surface area contributed by atoms with Crippen LogP contribution >= 0.6 is 11.3 Å². The molecular weight excluding hydrogens is 252 g/mol. The molecule has 0 fully saturated rings. The largest absolute Gasteiger partial charge is 0.346 e. The fourth-order valence-electron chi connectivity index (χ4n) is 1.52. The van der Waals surface area contributed by atoms with Gasteiger partial charge in [0.1, 0.15) is 0 Å². The van der Waals surface area contributed by atoms with Crippen LogP contribution in [-0.4, -0.2) is 31.1 Å². The smallest absolute Gasteiger partial charge is 0.218 e. The monoisotopic (exact) mass is 270 g/mol. The lowest BCUT2D eigenvalue weighted by Gasteiger charge is -2.14. The molecule has 0 radical (unpaired) electrons. The zero-order valence-electron chi connectivity index (χ0n) is 10.9. The molecule has 5 heteroatoms. The molecule has 0 spiro atoms. The van der Waals surface area contributed by atoms with Crippen molar-refractivity contribution < 1.29 is 19.1 Å². The Morgan fingerprint density at radius 1 is 1.28 bits per heavy atom. The van der Waals surface area contributed by atoms with Gasteiger partial charge in [-0.15, -0.1) is 11.3 Å². The van der Waals surface area contributed by atoms with Crippen molar-refractivity contribution in [3.8, 4) is 0 Å². The van der Waals surface area contributed by atoms with Crippen molar-refractivity contribution in [3.63, 3.8) is 0 Å². The zero-order chi connectivity index (χ0) is 13.5. The maximum Gasteiger partial charge on any atom is 0.218 e. The van der Waals surface area contributed by atoms with Crippen molar-refractivity contribution >= 4 is 22.9 Å². The molecule has 1 rings (SSSR count). The van der Waals surface area contributed by atoms with Gasteiger partial charge >= 0.3 is 0 Å². The summed E-state index contributed by atoms with van der Waals surface area (Å²) in [4.78, 5) is 24.4. The summed E-state index contributed by atoms with van der Waals surface area (Å²) in [6.07, 6.45) is -1.10. The highest BCUT2D eigenvalue weighted by Gasteiger charge is 2.23. The van der Waals surface area contributed by atoms with Gasteiger partial charge in [-0.3, -0.25) is 9.59 Å². The van der Waals surface area contributed by atoms with E-state index in [-0.39, 0.29) is 18.0 Å². The molecule has 1 aromatic heterocycles. The second-order valence-corrected chi connectivity index (χ2v) is 4.66. The molecule has 0 saturated heterocycles. The van der Waals surface area contributed by atoms with Crippen molar-refractivity contribution in [2.24, 2.45) is 0 Å². The van der Waals surface area contributed by atoms with Gasteiger partial charge in [-0.25, -0.2) is 0 Å². The predicted molar refractivity (Wildman–Crippen MR) is 70.1 cm³/mol. The molecule has 0 amide bonds. The average molecular weight is 270 g/mol. The topological polar surface area (TPSA) is 52.6 Å². The number of thiophene rings is 1. The first-order chi connectivity index (χ1) is 8.60. The third-order valence-electron chi connectivity index (χ3n) is 2.35. The van der Waals surface area contributed by atoms with Gasteiger partial charge in [0.25, 0.3) is 0 Å². The van der Waals surface area contributed by atoms with E-state index in [1.165, 1.54) is 11.3 Å². The quantitative estimate of drug-likeness (QED) is 0.414. The molecule has 0 aliphatic carbocycles. The Labute approximate surface area is 111 Å². The van der Waals surface area contributed by atoms with Crippen molar-refractivity contribution in [2.45, 2.75) is 33.5 Å². The van der Waals surface area contributed by atoms with Gasteiger partial charge < -0.3 is 9.47 Å². The first-order valence-electron chi connectivity index (χ1n) is 5.93. The van der Waals surface area contributed by atoms with E-state index in [0.29, 0.717) is 18.1 Å².